The summed E-state index contributed by atoms with van der Waals surface area (Å²) in [5.74, 6) is 0.803. The van der Waals surface area contributed by atoms with E-state index in [1.807, 2.05) is 18.7 Å². The second-order valence-corrected chi connectivity index (χ2v) is 5.27. The van der Waals surface area contributed by atoms with Crippen molar-refractivity contribution in [2.45, 2.75) is 13.8 Å². The molecule has 0 spiro atoms. The maximum absolute atomic E-state index is 6.11. The molecule has 0 fully saturated rings. The van der Waals surface area contributed by atoms with Crippen molar-refractivity contribution in [2.75, 3.05) is 23.3 Å². The smallest absolute Gasteiger partial charge is 0.233 e. The molecule has 1 aromatic heterocycles. The summed E-state index contributed by atoms with van der Waals surface area (Å²) in [5.41, 5.74) is 0.536. The molecule has 1 heterocycles. The van der Waals surface area contributed by atoms with E-state index in [4.69, 9.17) is 34.8 Å². The number of nitrogens with one attached hydrogen (secondary N) is 1. The molecule has 0 saturated carbocycles. The summed E-state index contributed by atoms with van der Waals surface area (Å²) in [6, 6.07) is 5.21. The van der Waals surface area contributed by atoms with E-state index in [2.05, 4.69) is 20.3 Å². The van der Waals surface area contributed by atoms with Crippen LogP contribution < -0.4 is 10.2 Å². The van der Waals surface area contributed by atoms with Crippen molar-refractivity contribution in [2.24, 2.45) is 0 Å². The largest absolute Gasteiger partial charge is 0.341 e. The summed E-state index contributed by atoms with van der Waals surface area (Å²) < 4.78 is 0. The zero-order chi connectivity index (χ0) is 15.4. The van der Waals surface area contributed by atoms with Crippen LogP contribution in [-0.2, 0) is 0 Å². The Hall–Kier alpha value is -1.30. The number of anilines is 3. The quantitative estimate of drug-likeness (QED) is 0.868. The van der Waals surface area contributed by atoms with Gasteiger partial charge in [-0.25, -0.2) is 0 Å². The van der Waals surface area contributed by atoms with Crippen molar-refractivity contribution in [3.05, 3.63) is 33.5 Å². The van der Waals surface area contributed by atoms with Gasteiger partial charge in [-0.1, -0.05) is 29.3 Å². The van der Waals surface area contributed by atoms with Gasteiger partial charge in [-0.05, 0) is 37.6 Å². The van der Waals surface area contributed by atoms with Gasteiger partial charge in [0.2, 0.25) is 17.2 Å². The fourth-order valence-electron chi connectivity index (χ4n) is 1.77. The van der Waals surface area contributed by atoms with Gasteiger partial charge in [-0.2, -0.15) is 15.0 Å². The molecule has 2 aromatic rings. The summed E-state index contributed by atoms with van der Waals surface area (Å²) in [4.78, 5) is 14.5. The lowest BCUT2D eigenvalue weighted by molar-refractivity contribution is 0.814. The molecular formula is C13H14Cl3N5. The first-order valence-electron chi connectivity index (χ1n) is 6.42. The Morgan fingerprint density at radius 3 is 2.19 bits per heavy atom. The molecule has 0 saturated heterocycles. The molecule has 0 aliphatic carbocycles. The van der Waals surface area contributed by atoms with Crippen molar-refractivity contribution in [3.63, 3.8) is 0 Å². The average molecular weight is 347 g/mol. The predicted octanol–water partition coefficient (Wildman–Crippen LogP) is 4.42. The van der Waals surface area contributed by atoms with Gasteiger partial charge in [0, 0.05) is 13.1 Å². The summed E-state index contributed by atoms with van der Waals surface area (Å²) in [5, 5.41) is 4.05. The van der Waals surface area contributed by atoms with E-state index in [1.165, 1.54) is 0 Å². The van der Waals surface area contributed by atoms with Crippen LogP contribution in [0.5, 0.6) is 0 Å². The van der Waals surface area contributed by atoms with Crippen LogP contribution in [-0.4, -0.2) is 28.0 Å². The first-order valence-corrected chi connectivity index (χ1v) is 7.56. The lowest BCUT2D eigenvalue weighted by atomic mass is 10.3. The van der Waals surface area contributed by atoms with Crippen LogP contribution >= 0.6 is 34.8 Å². The van der Waals surface area contributed by atoms with Crippen molar-refractivity contribution >= 4 is 52.4 Å². The van der Waals surface area contributed by atoms with Gasteiger partial charge >= 0.3 is 0 Å². The summed E-state index contributed by atoms with van der Waals surface area (Å²) >= 11 is 18.2. The number of para-hydroxylation sites is 1. The van der Waals surface area contributed by atoms with Crippen LogP contribution in [0, 0.1) is 0 Å². The van der Waals surface area contributed by atoms with Crippen molar-refractivity contribution in [1.82, 2.24) is 15.0 Å². The van der Waals surface area contributed by atoms with Crippen LogP contribution in [0.15, 0.2) is 18.2 Å². The average Bonchev–Trinajstić information content (AvgIpc) is 2.44. The monoisotopic (exact) mass is 345 g/mol. The van der Waals surface area contributed by atoms with E-state index in [-0.39, 0.29) is 5.28 Å². The lowest BCUT2D eigenvalue weighted by Crippen LogP contribution is -2.24. The van der Waals surface area contributed by atoms with Gasteiger partial charge in [-0.3, -0.25) is 0 Å². The maximum Gasteiger partial charge on any atom is 0.233 e. The predicted molar refractivity (Wildman–Crippen MR) is 88.1 cm³/mol. The highest BCUT2D eigenvalue weighted by molar-refractivity contribution is 6.39. The SMILES string of the molecule is CCN(CC)c1nc(Cl)nc(Nc2c(Cl)cccc2Cl)n1. The molecular weight excluding hydrogens is 333 g/mol. The molecule has 0 atom stereocenters. The van der Waals surface area contributed by atoms with E-state index >= 15 is 0 Å². The Balaban J connectivity index is 2.36. The van der Waals surface area contributed by atoms with Gasteiger partial charge in [0.15, 0.2) is 0 Å². The van der Waals surface area contributed by atoms with Crippen LogP contribution in [0.25, 0.3) is 0 Å². The molecule has 0 bridgehead atoms. The molecule has 0 radical (unpaired) electrons. The molecule has 8 heteroatoms. The normalized spacial score (nSPS) is 10.5. The van der Waals surface area contributed by atoms with Gasteiger partial charge in [0.1, 0.15) is 0 Å². The fraction of sp³-hybridized carbons (Fsp3) is 0.308. The minimum Gasteiger partial charge on any atom is -0.341 e. The highest BCUT2D eigenvalue weighted by Gasteiger charge is 2.12. The molecule has 0 unspecified atom stereocenters. The van der Waals surface area contributed by atoms with E-state index < -0.39 is 0 Å². The van der Waals surface area contributed by atoms with Crippen LogP contribution in [0.4, 0.5) is 17.6 Å². The molecule has 2 rings (SSSR count). The highest BCUT2D eigenvalue weighted by Crippen LogP contribution is 2.32. The molecule has 0 amide bonds. The van der Waals surface area contributed by atoms with E-state index in [0.29, 0.717) is 27.6 Å². The summed E-state index contributed by atoms with van der Waals surface area (Å²) in [7, 11) is 0. The molecule has 21 heavy (non-hydrogen) atoms. The van der Waals surface area contributed by atoms with Gasteiger partial charge in [-0.15, -0.1) is 0 Å². The first kappa shape index (κ1) is 16.1. The van der Waals surface area contributed by atoms with E-state index in [0.717, 1.165) is 13.1 Å². The van der Waals surface area contributed by atoms with Gasteiger partial charge in [0.25, 0.3) is 0 Å². The van der Waals surface area contributed by atoms with E-state index in [1.54, 1.807) is 18.2 Å². The highest BCUT2D eigenvalue weighted by atomic mass is 35.5. The standard InChI is InChI=1S/C13H14Cl3N5/c1-3-21(4-2)13-19-11(16)18-12(20-13)17-10-8(14)6-5-7-9(10)15/h5-7H,3-4H2,1-2H3,(H,17,18,19,20). The number of hydrogen-bond acceptors (Lipinski definition) is 5. The number of aromatic nitrogens is 3. The third-order valence-corrected chi connectivity index (χ3v) is 3.64. The zero-order valence-corrected chi connectivity index (χ0v) is 13.8. The Kier molecular flexibility index (Phi) is 5.45. The number of rotatable bonds is 5. The topological polar surface area (TPSA) is 53.9 Å². The number of benzene rings is 1. The number of hydrogen-bond donors (Lipinski definition) is 1. The Morgan fingerprint density at radius 1 is 1.00 bits per heavy atom. The Bertz CT molecular complexity index is 611. The second kappa shape index (κ2) is 7.11. The molecule has 112 valence electrons. The molecule has 1 N–H and O–H groups in total. The third-order valence-electron chi connectivity index (χ3n) is 2.84. The van der Waals surface area contributed by atoms with Crippen molar-refractivity contribution in [1.29, 1.82) is 0 Å². The lowest BCUT2D eigenvalue weighted by Gasteiger charge is -2.19. The summed E-state index contributed by atoms with van der Waals surface area (Å²) in [6.07, 6.45) is 0. The Labute approximate surface area is 138 Å². The minimum atomic E-state index is 0.109. The molecule has 0 aliphatic heterocycles. The second-order valence-electron chi connectivity index (χ2n) is 4.12. The van der Waals surface area contributed by atoms with Crippen LogP contribution in [0.2, 0.25) is 15.3 Å². The van der Waals surface area contributed by atoms with Gasteiger partial charge in [0.05, 0.1) is 15.7 Å². The van der Waals surface area contributed by atoms with Crippen LogP contribution in [0.1, 0.15) is 13.8 Å². The van der Waals surface area contributed by atoms with Crippen molar-refractivity contribution < 1.29 is 0 Å². The van der Waals surface area contributed by atoms with Gasteiger partial charge < -0.3 is 10.2 Å². The third kappa shape index (κ3) is 3.87. The molecule has 5 nitrogen and oxygen atoms in total. The zero-order valence-electron chi connectivity index (χ0n) is 11.6. The van der Waals surface area contributed by atoms with E-state index in [9.17, 15) is 0 Å². The summed E-state index contributed by atoms with van der Waals surface area (Å²) in [6.45, 7) is 5.56. The fourth-order valence-corrected chi connectivity index (χ4v) is 2.42. The van der Waals surface area contributed by atoms with Crippen molar-refractivity contribution in [3.8, 4) is 0 Å². The molecule has 0 aliphatic rings. The van der Waals surface area contributed by atoms with Crippen LogP contribution in [0.3, 0.4) is 0 Å². The number of halogens is 3. The minimum absolute atomic E-state index is 0.109. The maximum atomic E-state index is 6.11. The molecule has 1 aromatic carbocycles. The Morgan fingerprint density at radius 2 is 1.62 bits per heavy atom. The first-order chi connectivity index (χ1) is 10.0. The number of nitrogens with zero attached hydrogens (tertiary/aromatic N) is 4.